The predicted molar refractivity (Wildman–Crippen MR) is 217 cm³/mol. The number of hydrogen-bond acceptors (Lipinski definition) is 10. The minimum atomic E-state index is -0.689. The summed E-state index contributed by atoms with van der Waals surface area (Å²) in [5.74, 6) is 1.44. The van der Waals surface area contributed by atoms with Gasteiger partial charge < -0.3 is 31.0 Å². The highest BCUT2D eigenvalue weighted by molar-refractivity contribution is 7.99. The lowest BCUT2D eigenvalue weighted by atomic mass is 10.0. The number of pyridine rings is 1. The third kappa shape index (κ3) is 8.26. The van der Waals surface area contributed by atoms with Gasteiger partial charge in [0.25, 0.3) is 0 Å². The summed E-state index contributed by atoms with van der Waals surface area (Å²) in [6.45, 7) is 8.64. The average molecular weight is 756 g/mol. The number of benzene rings is 3. The largest absolute Gasteiger partial charge is 0.453 e. The molecule has 55 heavy (non-hydrogen) atoms. The number of amides is 2. The molecule has 0 bridgehead atoms. The Bertz CT molecular complexity index is 2310. The Morgan fingerprint density at radius 3 is 2.40 bits per heavy atom. The third-order valence-corrected chi connectivity index (χ3v) is 10.9. The van der Waals surface area contributed by atoms with Crippen molar-refractivity contribution in [3.63, 3.8) is 0 Å². The number of nitrogen functional groups attached to an aromatic ring is 1. The fourth-order valence-corrected chi connectivity index (χ4v) is 7.63. The van der Waals surface area contributed by atoms with Gasteiger partial charge in [-0.05, 0) is 89.9 Å². The van der Waals surface area contributed by atoms with Crippen LogP contribution in [0, 0.1) is 5.92 Å². The molecule has 1 aliphatic heterocycles. The maximum absolute atomic E-state index is 13.6. The van der Waals surface area contributed by atoms with Crippen molar-refractivity contribution in [2.75, 3.05) is 24.7 Å². The lowest BCUT2D eigenvalue weighted by Crippen LogP contribution is -2.51. The van der Waals surface area contributed by atoms with E-state index in [1.165, 1.54) is 7.11 Å². The molecule has 12 nitrogen and oxygen atoms in total. The van der Waals surface area contributed by atoms with E-state index in [0.29, 0.717) is 23.7 Å². The average Bonchev–Trinajstić information content (AvgIpc) is 3.89. The number of anilines is 3. The Kier molecular flexibility index (Phi) is 11.0. The fraction of sp³-hybridized carbons (Fsp3) is 0.286. The van der Waals surface area contributed by atoms with E-state index in [2.05, 4.69) is 81.9 Å². The Labute approximate surface area is 324 Å². The third-order valence-electron chi connectivity index (χ3n) is 9.82. The van der Waals surface area contributed by atoms with Crippen LogP contribution < -0.4 is 16.4 Å². The lowest BCUT2D eigenvalue weighted by molar-refractivity contribution is -0.135. The number of nitrogens with zero attached hydrogens (tertiary/aromatic N) is 5. The molecule has 1 aliphatic rings. The van der Waals surface area contributed by atoms with Crippen molar-refractivity contribution in [2.45, 2.75) is 68.3 Å². The van der Waals surface area contributed by atoms with E-state index in [4.69, 9.17) is 20.4 Å². The number of H-pyrrole nitrogens is 1. The van der Waals surface area contributed by atoms with Crippen LogP contribution in [0.2, 0.25) is 0 Å². The minimum absolute atomic E-state index is 0.105. The van der Waals surface area contributed by atoms with Crippen LogP contribution in [0.25, 0.3) is 33.4 Å². The first kappa shape index (κ1) is 37.4. The van der Waals surface area contributed by atoms with Gasteiger partial charge in [0.15, 0.2) is 5.65 Å². The van der Waals surface area contributed by atoms with E-state index >= 15 is 0 Å². The number of aromatic amines is 1. The molecule has 5 N–H and O–H groups in total. The van der Waals surface area contributed by atoms with E-state index in [9.17, 15) is 9.59 Å². The number of imidazole rings is 1. The number of carbonyl (C=O) groups is 2. The van der Waals surface area contributed by atoms with Crippen molar-refractivity contribution in [3.05, 3.63) is 103 Å². The standard InChI is InChI=1S/C42H45N9O3S/c1-24(2)32-18-17-31-38(47-32)45-23-46-39(31)48-33-21-28(12-19-36(33)55-30-15-13-29(43)14-16-30)26-8-10-27(11-9-26)34-22-44-40(49-34)35-7-6-20-51(35)41(52)37(25(3)4)50-42(53)54-5/h8-19,21-25,35,37H,6-7,20,43H2,1-5H3,(H,44,49)(H,50,53)(H,45,46,47,48)/t35-,37-/m0/s1. The summed E-state index contributed by atoms with van der Waals surface area (Å²) < 4.78 is 4.77. The zero-order valence-electron chi connectivity index (χ0n) is 31.5. The Morgan fingerprint density at radius 1 is 0.927 bits per heavy atom. The Balaban J connectivity index is 1.14. The fourth-order valence-electron chi connectivity index (χ4n) is 6.75. The summed E-state index contributed by atoms with van der Waals surface area (Å²) in [4.78, 5) is 51.5. The number of nitrogens with one attached hydrogen (secondary N) is 3. The molecular formula is C42H45N9O3S. The van der Waals surface area contributed by atoms with Gasteiger partial charge in [-0.15, -0.1) is 0 Å². The second-order valence-corrected chi connectivity index (χ2v) is 15.4. The smallest absolute Gasteiger partial charge is 0.407 e. The van der Waals surface area contributed by atoms with Gasteiger partial charge in [-0.2, -0.15) is 0 Å². The van der Waals surface area contributed by atoms with Crippen molar-refractivity contribution < 1.29 is 14.3 Å². The molecule has 1 fully saturated rings. The van der Waals surface area contributed by atoms with Crippen LogP contribution in [0.1, 0.15) is 64.0 Å². The summed E-state index contributed by atoms with van der Waals surface area (Å²) >= 11 is 1.64. The molecule has 282 valence electrons. The van der Waals surface area contributed by atoms with Gasteiger partial charge in [-0.25, -0.2) is 24.7 Å². The van der Waals surface area contributed by atoms with Crippen LogP contribution in [-0.2, 0) is 9.53 Å². The molecule has 7 rings (SSSR count). The molecule has 4 heterocycles. The van der Waals surface area contributed by atoms with Crippen LogP contribution in [0.15, 0.2) is 101 Å². The van der Waals surface area contributed by atoms with Crippen LogP contribution >= 0.6 is 11.8 Å². The molecule has 3 aromatic carbocycles. The summed E-state index contributed by atoms with van der Waals surface area (Å²) in [6.07, 6.45) is 4.37. The summed E-state index contributed by atoms with van der Waals surface area (Å²) in [5, 5.41) is 7.15. The lowest BCUT2D eigenvalue weighted by Gasteiger charge is -2.30. The number of hydrogen-bond donors (Lipinski definition) is 4. The van der Waals surface area contributed by atoms with Crippen LogP contribution in [-0.4, -0.2) is 61.5 Å². The summed E-state index contributed by atoms with van der Waals surface area (Å²) in [5.41, 5.74) is 13.1. The molecule has 0 spiro atoms. The van der Waals surface area contributed by atoms with Crippen molar-refractivity contribution >= 4 is 52.0 Å². The van der Waals surface area contributed by atoms with Gasteiger partial charge in [-0.3, -0.25) is 4.79 Å². The maximum Gasteiger partial charge on any atom is 0.407 e. The van der Waals surface area contributed by atoms with Gasteiger partial charge in [0, 0.05) is 27.7 Å². The zero-order valence-corrected chi connectivity index (χ0v) is 32.4. The number of nitrogens with two attached hydrogens (primary N) is 1. The van der Waals surface area contributed by atoms with E-state index in [1.54, 1.807) is 18.1 Å². The normalized spacial score (nSPS) is 14.7. The summed E-state index contributed by atoms with van der Waals surface area (Å²) in [6, 6.07) is 25.7. The van der Waals surface area contributed by atoms with Crippen molar-refractivity contribution in [3.8, 4) is 22.4 Å². The predicted octanol–water partition coefficient (Wildman–Crippen LogP) is 8.73. The number of methoxy groups -OCH3 is 1. The molecule has 1 saturated heterocycles. The first-order valence-electron chi connectivity index (χ1n) is 18.4. The Hall–Kier alpha value is -5.95. The number of fused-ring (bicyclic) bond motifs is 1. The molecular weight excluding hydrogens is 711 g/mol. The van der Waals surface area contributed by atoms with Crippen LogP contribution in [0.4, 0.5) is 22.0 Å². The highest BCUT2D eigenvalue weighted by atomic mass is 32.2. The molecule has 3 aromatic heterocycles. The first-order valence-corrected chi connectivity index (χ1v) is 19.3. The Morgan fingerprint density at radius 2 is 1.67 bits per heavy atom. The molecule has 0 saturated carbocycles. The number of rotatable bonds is 11. The minimum Gasteiger partial charge on any atom is -0.453 e. The highest BCUT2D eigenvalue weighted by Crippen LogP contribution is 2.39. The van der Waals surface area contributed by atoms with E-state index in [-0.39, 0.29) is 23.8 Å². The van der Waals surface area contributed by atoms with Crippen LogP contribution in [0.3, 0.4) is 0 Å². The monoisotopic (exact) mass is 755 g/mol. The molecule has 0 aliphatic carbocycles. The van der Waals surface area contributed by atoms with Crippen molar-refractivity contribution in [1.29, 1.82) is 0 Å². The zero-order chi connectivity index (χ0) is 38.6. The van der Waals surface area contributed by atoms with E-state index in [0.717, 1.165) is 67.6 Å². The topological polar surface area (TPSA) is 164 Å². The second kappa shape index (κ2) is 16.2. The highest BCUT2D eigenvalue weighted by Gasteiger charge is 2.37. The molecule has 2 amide bonds. The first-order chi connectivity index (χ1) is 26.6. The molecule has 13 heteroatoms. The van der Waals surface area contributed by atoms with E-state index in [1.807, 2.05) is 61.3 Å². The van der Waals surface area contributed by atoms with Gasteiger partial charge in [0.05, 0.1) is 36.1 Å². The number of alkyl carbamates (subject to hydrolysis) is 1. The van der Waals surface area contributed by atoms with Gasteiger partial charge in [0.1, 0.15) is 24.0 Å². The van der Waals surface area contributed by atoms with Crippen LogP contribution in [0.5, 0.6) is 0 Å². The number of likely N-dealkylation sites (tertiary alicyclic amines) is 1. The molecule has 0 radical (unpaired) electrons. The van der Waals surface area contributed by atoms with Gasteiger partial charge >= 0.3 is 6.09 Å². The van der Waals surface area contributed by atoms with E-state index < -0.39 is 12.1 Å². The van der Waals surface area contributed by atoms with Gasteiger partial charge in [-0.1, -0.05) is 69.8 Å². The number of carbonyl (C=O) groups excluding carboxylic acids is 2. The summed E-state index contributed by atoms with van der Waals surface area (Å²) in [7, 11) is 1.30. The van der Waals surface area contributed by atoms with Crippen molar-refractivity contribution in [2.24, 2.45) is 5.92 Å². The molecule has 2 atom stereocenters. The quantitative estimate of drug-likeness (QED) is 0.0941. The number of aromatic nitrogens is 5. The molecule has 0 unspecified atom stereocenters. The maximum atomic E-state index is 13.6. The second-order valence-electron chi connectivity index (χ2n) is 14.3. The molecule has 6 aromatic rings. The number of ether oxygens (including phenoxy) is 1. The van der Waals surface area contributed by atoms with Crippen molar-refractivity contribution in [1.82, 2.24) is 35.1 Å². The van der Waals surface area contributed by atoms with Gasteiger partial charge in [0.2, 0.25) is 5.91 Å². The SMILES string of the molecule is COC(=O)N[C@H](C(=O)N1CCC[C@H]1c1ncc(-c2ccc(-c3ccc(Sc4ccc(N)cc4)c(Nc4ncnc5nc(C(C)C)ccc45)c3)cc2)[nH]1)C(C)C.